The molecule has 0 spiro atoms. The zero-order chi connectivity index (χ0) is 19.6. The van der Waals surface area contributed by atoms with Gasteiger partial charge in [0.25, 0.3) is 5.91 Å². The number of nitrogens with one attached hydrogen (secondary N) is 2. The second-order valence-corrected chi connectivity index (χ2v) is 7.28. The summed E-state index contributed by atoms with van der Waals surface area (Å²) in [6.45, 7) is 3.70. The van der Waals surface area contributed by atoms with Gasteiger partial charge < -0.3 is 15.4 Å². The number of carbonyl (C=O) groups excluding carboxylic acids is 3. The second-order valence-electron chi connectivity index (χ2n) is 6.17. The van der Waals surface area contributed by atoms with Crippen molar-refractivity contribution in [1.29, 1.82) is 0 Å². The van der Waals surface area contributed by atoms with Crippen molar-refractivity contribution < 1.29 is 19.1 Å². The van der Waals surface area contributed by atoms with E-state index in [-0.39, 0.29) is 18.9 Å². The Bertz CT molecular complexity index is 757. The molecule has 8 heteroatoms. The number of para-hydroxylation sites is 1. The Hall–Kier alpha value is -2.48. The van der Waals surface area contributed by atoms with Crippen molar-refractivity contribution in [2.75, 3.05) is 13.2 Å². The van der Waals surface area contributed by atoms with Gasteiger partial charge in [-0.3, -0.25) is 14.4 Å². The fourth-order valence-corrected chi connectivity index (χ4v) is 3.39. The predicted octanol–water partition coefficient (Wildman–Crippen LogP) is 2.19. The van der Waals surface area contributed by atoms with E-state index in [2.05, 4.69) is 15.6 Å². The normalized spacial score (nSPS) is 11.8. The van der Waals surface area contributed by atoms with Gasteiger partial charge in [0.1, 0.15) is 6.04 Å². The summed E-state index contributed by atoms with van der Waals surface area (Å²) in [6, 6.07) is 7.24. The Morgan fingerprint density at radius 1 is 1.26 bits per heavy atom. The van der Waals surface area contributed by atoms with Crippen molar-refractivity contribution in [3.05, 3.63) is 29.3 Å². The van der Waals surface area contributed by atoms with Crippen LogP contribution in [0.25, 0.3) is 10.2 Å². The first-order valence-electron chi connectivity index (χ1n) is 9.06. The number of thiazole rings is 1. The number of nitrogens with zero attached hydrogens (tertiary/aromatic N) is 1. The van der Waals surface area contributed by atoms with E-state index in [1.807, 2.05) is 31.2 Å². The molecule has 0 unspecified atom stereocenters. The van der Waals surface area contributed by atoms with Crippen molar-refractivity contribution in [3.63, 3.8) is 0 Å². The maximum Gasteiger partial charge on any atom is 0.306 e. The molecule has 0 aliphatic heterocycles. The lowest BCUT2D eigenvalue weighted by atomic mass is 10.2. The quantitative estimate of drug-likeness (QED) is 0.605. The number of esters is 1. The summed E-state index contributed by atoms with van der Waals surface area (Å²) in [5.74, 6) is -1.18. The minimum atomic E-state index is -0.665. The van der Waals surface area contributed by atoms with E-state index in [1.54, 1.807) is 18.3 Å². The summed E-state index contributed by atoms with van der Waals surface area (Å²) in [4.78, 5) is 39.7. The highest BCUT2D eigenvalue weighted by atomic mass is 32.1. The van der Waals surface area contributed by atoms with E-state index in [0.717, 1.165) is 21.6 Å². The van der Waals surface area contributed by atoms with Crippen LogP contribution in [0, 0.1) is 0 Å². The van der Waals surface area contributed by atoms with Crippen LogP contribution in [-0.2, 0) is 25.5 Å². The van der Waals surface area contributed by atoms with Crippen molar-refractivity contribution in [3.8, 4) is 0 Å². The molecule has 0 saturated heterocycles. The van der Waals surface area contributed by atoms with E-state index < -0.39 is 17.9 Å². The molecule has 0 bridgehead atoms. The first kappa shape index (κ1) is 20.8. The number of rotatable bonds is 10. The maximum absolute atomic E-state index is 11.8. The van der Waals surface area contributed by atoms with Gasteiger partial charge in [0, 0.05) is 13.0 Å². The molecule has 2 aromatic rings. The van der Waals surface area contributed by atoms with E-state index in [9.17, 15) is 14.4 Å². The van der Waals surface area contributed by atoms with Gasteiger partial charge in [0.05, 0.1) is 15.2 Å². The molecule has 0 radical (unpaired) electrons. The van der Waals surface area contributed by atoms with Crippen LogP contribution in [0.2, 0.25) is 0 Å². The third-order valence-electron chi connectivity index (χ3n) is 3.79. The van der Waals surface area contributed by atoms with Crippen LogP contribution >= 0.6 is 11.3 Å². The molecule has 1 heterocycles. The van der Waals surface area contributed by atoms with Gasteiger partial charge in [-0.05, 0) is 38.3 Å². The number of ether oxygens (including phenoxy) is 1. The third kappa shape index (κ3) is 6.97. The molecule has 0 aliphatic rings. The maximum atomic E-state index is 11.8. The average Bonchev–Trinajstić information content (AvgIpc) is 3.07. The Kier molecular flexibility index (Phi) is 8.19. The molecule has 2 rings (SSSR count). The molecule has 1 atom stereocenters. The number of carbonyl (C=O) groups is 3. The zero-order valence-electron chi connectivity index (χ0n) is 15.6. The second kappa shape index (κ2) is 10.6. The van der Waals surface area contributed by atoms with Crippen LogP contribution in [0.15, 0.2) is 24.3 Å². The summed E-state index contributed by atoms with van der Waals surface area (Å²) in [5, 5.41) is 6.17. The lowest BCUT2D eigenvalue weighted by molar-refractivity contribution is -0.149. The van der Waals surface area contributed by atoms with Gasteiger partial charge in [-0.1, -0.05) is 19.1 Å². The Labute approximate surface area is 162 Å². The number of amides is 2. The number of hydrogen-bond donors (Lipinski definition) is 2. The van der Waals surface area contributed by atoms with Gasteiger partial charge in [-0.25, -0.2) is 4.98 Å². The molecular formula is C19H25N3O4S. The van der Waals surface area contributed by atoms with Crippen LogP contribution in [0.3, 0.4) is 0 Å². The molecule has 1 aromatic heterocycles. The summed E-state index contributed by atoms with van der Waals surface area (Å²) in [7, 11) is 0. The molecule has 2 N–H and O–H groups in total. The monoisotopic (exact) mass is 391 g/mol. The van der Waals surface area contributed by atoms with Gasteiger partial charge in [0.15, 0.2) is 6.61 Å². The zero-order valence-corrected chi connectivity index (χ0v) is 16.4. The SMILES string of the molecule is CCCNC(=O)[C@@H](C)NC(=O)COC(=O)CCCc1nc2ccccc2s1. The Morgan fingerprint density at radius 2 is 2.04 bits per heavy atom. The fraction of sp³-hybridized carbons (Fsp3) is 0.474. The molecule has 2 amide bonds. The summed E-state index contributed by atoms with van der Waals surface area (Å²) in [6.07, 6.45) is 2.34. The molecule has 0 fully saturated rings. The number of aryl methyl sites for hydroxylation is 1. The van der Waals surface area contributed by atoms with Crippen molar-refractivity contribution in [1.82, 2.24) is 15.6 Å². The standard InChI is InChI=1S/C19H25N3O4S/c1-3-11-20-19(25)13(2)21-16(23)12-26-18(24)10-6-9-17-22-14-7-4-5-8-15(14)27-17/h4-5,7-8,13H,3,6,9-12H2,1-2H3,(H,20,25)(H,21,23)/t13-/m1/s1. The summed E-state index contributed by atoms with van der Waals surface area (Å²) >= 11 is 1.62. The highest BCUT2D eigenvalue weighted by Gasteiger charge is 2.16. The van der Waals surface area contributed by atoms with E-state index in [1.165, 1.54) is 0 Å². The highest BCUT2D eigenvalue weighted by molar-refractivity contribution is 7.18. The predicted molar refractivity (Wildman–Crippen MR) is 104 cm³/mol. The van der Waals surface area contributed by atoms with E-state index in [0.29, 0.717) is 19.4 Å². The lowest BCUT2D eigenvalue weighted by Crippen LogP contribution is -2.46. The molecule has 27 heavy (non-hydrogen) atoms. The largest absolute Gasteiger partial charge is 0.456 e. The Morgan fingerprint density at radius 3 is 2.78 bits per heavy atom. The molecule has 0 saturated carbocycles. The van der Waals surface area contributed by atoms with Crippen molar-refractivity contribution in [2.45, 2.75) is 45.6 Å². The van der Waals surface area contributed by atoms with Crippen molar-refractivity contribution in [2.24, 2.45) is 0 Å². The van der Waals surface area contributed by atoms with Gasteiger partial charge in [-0.2, -0.15) is 0 Å². The van der Waals surface area contributed by atoms with Crippen LogP contribution < -0.4 is 10.6 Å². The lowest BCUT2D eigenvalue weighted by Gasteiger charge is -2.13. The van der Waals surface area contributed by atoms with Gasteiger partial charge in [-0.15, -0.1) is 11.3 Å². The average molecular weight is 391 g/mol. The van der Waals surface area contributed by atoms with E-state index in [4.69, 9.17) is 4.74 Å². The van der Waals surface area contributed by atoms with Crippen LogP contribution in [0.4, 0.5) is 0 Å². The van der Waals surface area contributed by atoms with Crippen LogP contribution in [-0.4, -0.2) is 42.0 Å². The third-order valence-corrected chi connectivity index (χ3v) is 4.89. The number of aromatic nitrogens is 1. The molecule has 1 aromatic carbocycles. The van der Waals surface area contributed by atoms with E-state index >= 15 is 0 Å². The molecule has 0 aliphatic carbocycles. The fourth-order valence-electron chi connectivity index (χ4n) is 2.38. The minimum absolute atomic E-state index is 0.218. The number of fused-ring (bicyclic) bond motifs is 1. The first-order valence-corrected chi connectivity index (χ1v) is 9.88. The number of benzene rings is 1. The smallest absolute Gasteiger partial charge is 0.306 e. The first-order chi connectivity index (χ1) is 13.0. The summed E-state index contributed by atoms with van der Waals surface area (Å²) in [5.41, 5.74) is 0.967. The van der Waals surface area contributed by atoms with Crippen LogP contribution in [0.1, 0.15) is 38.1 Å². The minimum Gasteiger partial charge on any atom is -0.456 e. The molecular weight excluding hydrogens is 366 g/mol. The highest BCUT2D eigenvalue weighted by Crippen LogP contribution is 2.22. The number of hydrogen-bond acceptors (Lipinski definition) is 6. The van der Waals surface area contributed by atoms with Crippen LogP contribution in [0.5, 0.6) is 0 Å². The molecule has 146 valence electrons. The Balaban J connectivity index is 1.63. The summed E-state index contributed by atoms with van der Waals surface area (Å²) < 4.78 is 6.09. The topological polar surface area (TPSA) is 97.4 Å². The molecule has 7 nitrogen and oxygen atoms in total. The van der Waals surface area contributed by atoms with Gasteiger partial charge >= 0.3 is 5.97 Å². The van der Waals surface area contributed by atoms with Crippen molar-refractivity contribution >= 4 is 39.3 Å². The van der Waals surface area contributed by atoms with Gasteiger partial charge in [0.2, 0.25) is 5.91 Å².